The maximum absolute atomic E-state index is 11.9. The molecule has 2 atom stereocenters. The number of nitrogens with zero attached hydrogens (tertiary/aromatic N) is 2. The van der Waals surface area contributed by atoms with E-state index >= 15 is 0 Å². The van der Waals surface area contributed by atoms with Crippen LogP contribution in [-0.2, 0) is 16.0 Å². The Morgan fingerprint density at radius 2 is 2.14 bits per heavy atom. The molecule has 0 spiro atoms. The molecule has 0 bridgehead atoms. The zero-order valence-corrected chi connectivity index (χ0v) is 11.9. The van der Waals surface area contributed by atoms with Crippen LogP contribution in [-0.4, -0.2) is 24.1 Å². The minimum Gasteiger partial charge on any atom is -0.312 e. The van der Waals surface area contributed by atoms with E-state index in [-0.39, 0.29) is 23.7 Å². The third-order valence-corrected chi connectivity index (χ3v) is 4.66. The molecule has 2 amide bonds. The number of hydrogen-bond acceptors (Lipinski definition) is 3. The normalized spacial score (nSPS) is 26.7. The minimum atomic E-state index is 0.0458. The van der Waals surface area contributed by atoms with Crippen molar-refractivity contribution in [1.29, 1.82) is 0 Å². The van der Waals surface area contributed by atoms with Crippen molar-refractivity contribution < 1.29 is 9.59 Å². The molecule has 1 aromatic rings. The van der Waals surface area contributed by atoms with Crippen LogP contribution in [0.5, 0.6) is 0 Å². The van der Waals surface area contributed by atoms with E-state index in [9.17, 15) is 9.59 Å². The first-order valence-corrected chi connectivity index (χ1v) is 7.50. The van der Waals surface area contributed by atoms with Gasteiger partial charge in [-0.3, -0.25) is 9.59 Å². The summed E-state index contributed by atoms with van der Waals surface area (Å²) in [5.74, 6) is 0.637. The van der Waals surface area contributed by atoms with Gasteiger partial charge in [0.1, 0.15) is 0 Å². The second-order valence-corrected chi connectivity index (χ2v) is 5.90. The second kappa shape index (κ2) is 4.41. The molecule has 1 N–H and O–H groups in total. The topological polar surface area (TPSA) is 61.8 Å². The zero-order chi connectivity index (χ0) is 14.6. The number of fused-ring (bicyclic) bond motifs is 2. The van der Waals surface area contributed by atoms with Gasteiger partial charge in [0.2, 0.25) is 11.8 Å². The number of carbonyl (C=O) groups is 2. The van der Waals surface area contributed by atoms with E-state index in [4.69, 9.17) is 0 Å². The summed E-state index contributed by atoms with van der Waals surface area (Å²) in [6.07, 6.45) is 2.26. The smallest absolute Gasteiger partial charge is 0.243 e. The fourth-order valence-electron chi connectivity index (χ4n) is 3.41. The predicted octanol–water partition coefficient (Wildman–Crippen LogP) is 1.46. The molecule has 5 heteroatoms. The third kappa shape index (κ3) is 1.87. The molecule has 2 unspecified atom stereocenters. The first kappa shape index (κ1) is 12.6. The number of hydrogen-bond donors (Lipinski definition) is 1. The zero-order valence-electron chi connectivity index (χ0n) is 11.9. The van der Waals surface area contributed by atoms with E-state index in [1.54, 1.807) is 0 Å². The van der Waals surface area contributed by atoms with Gasteiger partial charge in [0.15, 0.2) is 0 Å². The second-order valence-electron chi connectivity index (χ2n) is 5.90. The first-order chi connectivity index (χ1) is 10.2. The molecular weight excluding hydrogens is 266 g/mol. The molecule has 2 heterocycles. The van der Waals surface area contributed by atoms with E-state index in [0.29, 0.717) is 13.0 Å². The Labute approximate surface area is 123 Å². The van der Waals surface area contributed by atoms with E-state index in [2.05, 4.69) is 16.6 Å². The summed E-state index contributed by atoms with van der Waals surface area (Å²) in [6, 6.07) is 6.17. The van der Waals surface area contributed by atoms with Crippen molar-refractivity contribution in [1.82, 2.24) is 5.43 Å². The number of hydrazone groups is 1. The van der Waals surface area contributed by atoms with Crippen molar-refractivity contribution in [2.24, 2.45) is 16.9 Å². The standard InChI is InChI=1S/C16H17N3O2/c1-2-19-13-5-3-10(7-9(13)4-6-14(19)20)15-11-8-12(11)16(21)18-17-15/h3,5,7,11-12H,2,4,6,8H2,1H3,(H,18,21). The summed E-state index contributed by atoms with van der Waals surface area (Å²) in [6.45, 7) is 2.70. The molecular formula is C16H17N3O2. The van der Waals surface area contributed by atoms with Gasteiger partial charge in [-0.2, -0.15) is 5.10 Å². The van der Waals surface area contributed by atoms with Gasteiger partial charge >= 0.3 is 0 Å². The molecule has 0 radical (unpaired) electrons. The lowest BCUT2D eigenvalue weighted by Crippen LogP contribution is -2.35. The van der Waals surface area contributed by atoms with Gasteiger partial charge in [0.25, 0.3) is 0 Å². The highest BCUT2D eigenvalue weighted by Gasteiger charge is 2.49. The van der Waals surface area contributed by atoms with Crippen LogP contribution in [0.4, 0.5) is 5.69 Å². The van der Waals surface area contributed by atoms with Crippen molar-refractivity contribution >= 4 is 23.2 Å². The molecule has 108 valence electrons. The lowest BCUT2D eigenvalue weighted by molar-refractivity contribution is -0.122. The van der Waals surface area contributed by atoms with Gasteiger partial charge in [-0.25, -0.2) is 5.43 Å². The summed E-state index contributed by atoms with van der Waals surface area (Å²) in [7, 11) is 0. The summed E-state index contributed by atoms with van der Waals surface area (Å²) in [5.41, 5.74) is 6.90. The number of nitrogens with one attached hydrogen (secondary N) is 1. The molecule has 4 rings (SSSR count). The number of benzene rings is 1. The van der Waals surface area contributed by atoms with Crippen molar-refractivity contribution in [3.8, 4) is 0 Å². The van der Waals surface area contributed by atoms with Gasteiger partial charge in [-0.15, -0.1) is 0 Å². The van der Waals surface area contributed by atoms with Crippen molar-refractivity contribution in [2.45, 2.75) is 26.2 Å². The van der Waals surface area contributed by atoms with Crippen LogP contribution in [0.2, 0.25) is 0 Å². The molecule has 1 saturated carbocycles. The van der Waals surface area contributed by atoms with Gasteiger partial charge in [0.05, 0.1) is 5.71 Å². The summed E-state index contributed by atoms with van der Waals surface area (Å²) < 4.78 is 0. The van der Waals surface area contributed by atoms with Crippen LogP contribution in [0.3, 0.4) is 0 Å². The Hall–Kier alpha value is -2.17. The number of carbonyl (C=O) groups excluding carboxylic acids is 2. The van der Waals surface area contributed by atoms with E-state index < -0.39 is 0 Å². The molecule has 1 aliphatic carbocycles. The summed E-state index contributed by atoms with van der Waals surface area (Å²) >= 11 is 0. The van der Waals surface area contributed by atoms with Gasteiger partial charge in [-0.05, 0) is 43.0 Å². The number of amides is 2. The lowest BCUT2D eigenvalue weighted by Gasteiger charge is -2.29. The molecule has 3 aliphatic rings. The maximum Gasteiger partial charge on any atom is 0.243 e. The highest BCUT2D eigenvalue weighted by Crippen LogP contribution is 2.44. The number of anilines is 1. The summed E-state index contributed by atoms with van der Waals surface area (Å²) in [5, 5.41) is 4.24. The molecule has 5 nitrogen and oxygen atoms in total. The van der Waals surface area contributed by atoms with Gasteiger partial charge < -0.3 is 4.90 Å². The Bertz CT molecular complexity index is 680. The van der Waals surface area contributed by atoms with Crippen LogP contribution in [0, 0.1) is 11.8 Å². The number of aryl methyl sites for hydroxylation is 1. The van der Waals surface area contributed by atoms with Gasteiger partial charge in [0, 0.05) is 30.5 Å². The molecule has 0 aromatic heterocycles. The largest absolute Gasteiger partial charge is 0.312 e. The molecule has 2 aliphatic heterocycles. The molecule has 21 heavy (non-hydrogen) atoms. The predicted molar refractivity (Wildman–Crippen MR) is 79.1 cm³/mol. The Morgan fingerprint density at radius 3 is 2.95 bits per heavy atom. The Kier molecular flexibility index (Phi) is 2.64. The Morgan fingerprint density at radius 1 is 1.29 bits per heavy atom. The van der Waals surface area contributed by atoms with Gasteiger partial charge in [-0.1, -0.05) is 6.07 Å². The van der Waals surface area contributed by atoms with Crippen molar-refractivity contribution in [3.63, 3.8) is 0 Å². The van der Waals surface area contributed by atoms with Crippen molar-refractivity contribution in [3.05, 3.63) is 29.3 Å². The monoisotopic (exact) mass is 283 g/mol. The maximum atomic E-state index is 11.9. The van der Waals surface area contributed by atoms with Crippen LogP contribution in [0.15, 0.2) is 23.3 Å². The van der Waals surface area contributed by atoms with E-state index in [0.717, 1.165) is 29.8 Å². The average Bonchev–Trinajstić information content (AvgIpc) is 3.28. The quantitative estimate of drug-likeness (QED) is 0.893. The highest BCUT2D eigenvalue weighted by atomic mass is 16.2. The molecule has 1 fully saturated rings. The molecule has 1 aromatic carbocycles. The van der Waals surface area contributed by atoms with Crippen LogP contribution in [0.25, 0.3) is 0 Å². The average molecular weight is 283 g/mol. The van der Waals surface area contributed by atoms with Crippen LogP contribution < -0.4 is 10.3 Å². The fraction of sp³-hybridized carbons (Fsp3) is 0.438. The summed E-state index contributed by atoms with van der Waals surface area (Å²) in [4.78, 5) is 25.3. The van der Waals surface area contributed by atoms with Crippen LogP contribution in [0.1, 0.15) is 30.9 Å². The fourth-order valence-corrected chi connectivity index (χ4v) is 3.41. The van der Waals surface area contributed by atoms with E-state index in [1.807, 2.05) is 24.0 Å². The lowest BCUT2D eigenvalue weighted by atomic mass is 9.95. The third-order valence-electron chi connectivity index (χ3n) is 4.66. The van der Waals surface area contributed by atoms with E-state index in [1.165, 1.54) is 5.56 Å². The highest BCUT2D eigenvalue weighted by molar-refractivity contribution is 6.10. The minimum absolute atomic E-state index is 0.0458. The SMILES string of the molecule is CCN1C(=O)CCc2cc(C3=NNC(=O)C4CC34)ccc21. The first-order valence-electron chi connectivity index (χ1n) is 7.50. The molecule has 0 saturated heterocycles. The Balaban J connectivity index is 1.71. The van der Waals surface area contributed by atoms with Crippen molar-refractivity contribution in [2.75, 3.05) is 11.4 Å². The number of rotatable bonds is 2. The van der Waals surface area contributed by atoms with Crippen LogP contribution >= 0.6 is 0 Å².